The minimum absolute atomic E-state index is 0.273. The first-order valence-corrected chi connectivity index (χ1v) is 17.3. The fraction of sp³-hybridized carbons (Fsp3) is 0.0909. The lowest BCUT2D eigenvalue weighted by Gasteiger charge is -2.06. The highest BCUT2D eigenvalue weighted by Gasteiger charge is 2.27. The third-order valence-electron chi connectivity index (χ3n) is 10.0. The van der Waals surface area contributed by atoms with Gasteiger partial charge in [0.05, 0.1) is 44.8 Å². The summed E-state index contributed by atoms with van der Waals surface area (Å²) in [5.41, 5.74) is 10.1. The fourth-order valence-electron chi connectivity index (χ4n) is 7.67. The number of rotatable bonds is 4. The number of aryl methyl sites for hydroxylation is 4. The van der Waals surface area contributed by atoms with Gasteiger partial charge in [0, 0.05) is 22.3 Å². The second-order valence-corrected chi connectivity index (χ2v) is 13.1. The summed E-state index contributed by atoms with van der Waals surface area (Å²) in [5.74, 6) is -1.09. The number of H-pyrrole nitrogens is 2. The number of benzene rings is 4. The molecule has 0 fully saturated rings. The third-order valence-corrected chi connectivity index (χ3v) is 10.0. The van der Waals surface area contributed by atoms with Gasteiger partial charge >= 0.3 is 0 Å². The van der Waals surface area contributed by atoms with Crippen molar-refractivity contribution < 1.29 is 20.4 Å². The number of nitrogens with zero attached hydrogens (tertiary/aromatic N) is 2. The number of aromatic hydroxyl groups is 4. The summed E-state index contributed by atoms with van der Waals surface area (Å²) in [5, 5.41) is 47.1. The van der Waals surface area contributed by atoms with Gasteiger partial charge in [-0.2, -0.15) is 0 Å². The van der Waals surface area contributed by atoms with Crippen LogP contribution in [0.15, 0.2) is 121 Å². The molecule has 0 saturated heterocycles. The van der Waals surface area contributed by atoms with Crippen molar-refractivity contribution in [3.05, 3.63) is 144 Å². The minimum atomic E-state index is -0.273. The van der Waals surface area contributed by atoms with Crippen molar-refractivity contribution in [2.75, 3.05) is 0 Å². The van der Waals surface area contributed by atoms with Crippen LogP contribution in [0.4, 0.5) is 0 Å². The highest BCUT2D eigenvalue weighted by molar-refractivity contribution is 6.00. The molecule has 8 bridgehead atoms. The smallest absolute Gasteiger partial charge is 0.184 e. The van der Waals surface area contributed by atoms with Crippen LogP contribution in [0.2, 0.25) is 0 Å². The number of aromatic nitrogens is 4. The molecule has 0 spiro atoms. The largest absolute Gasteiger partial charge is 0.503 e. The van der Waals surface area contributed by atoms with Gasteiger partial charge in [-0.1, -0.05) is 121 Å². The van der Waals surface area contributed by atoms with Gasteiger partial charge in [-0.05, 0) is 47.9 Å². The maximum atomic E-state index is 11.8. The molecule has 0 aliphatic carbocycles. The Balaban J connectivity index is 1.55. The second kappa shape index (κ2) is 12.5. The van der Waals surface area contributed by atoms with Gasteiger partial charge in [-0.3, -0.25) is 9.97 Å². The monoisotopic (exact) mass is 682 g/mol. The fourth-order valence-corrected chi connectivity index (χ4v) is 7.67. The molecule has 8 heteroatoms. The van der Waals surface area contributed by atoms with Crippen LogP contribution in [0.1, 0.15) is 22.8 Å². The molecule has 3 aromatic heterocycles. The normalized spacial score (nSPS) is 12.6. The molecule has 52 heavy (non-hydrogen) atoms. The third kappa shape index (κ3) is 5.07. The number of aromatic amines is 2. The van der Waals surface area contributed by atoms with Crippen LogP contribution in [-0.2, 0) is 25.7 Å². The molecule has 0 atom stereocenters. The molecule has 0 radical (unpaired) electrons. The van der Waals surface area contributed by atoms with E-state index < -0.39 is 0 Å². The van der Waals surface area contributed by atoms with E-state index in [1.54, 1.807) is 0 Å². The predicted octanol–water partition coefficient (Wildman–Crippen LogP) is 9.38. The van der Waals surface area contributed by atoms with Crippen molar-refractivity contribution in [1.82, 2.24) is 19.9 Å². The lowest BCUT2D eigenvalue weighted by molar-refractivity contribution is 0.414. The van der Waals surface area contributed by atoms with Crippen molar-refractivity contribution in [3.8, 4) is 67.5 Å². The quantitative estimate of drug-likeness (QED) is 0.109. The molecule has 0 unspecified atom stereocenters. The van der Waals surface area contributed by atoms with Gasteiger partial charge in [-0.25, -0.2) is 0 Å². The molecule has 254 valence electrons. The number of fused-ring (bicyclic) bond motifs is 8. The van der Waals surface area contributed by atoms with Crippen molar-refractivity contribution in [1.29, 1.82) is 0 Å². The summed E-state index contributed by atoms with van der Waals surface area (Å²) in [6.07, 6.45) is 2.08. The average Bonchev–Trinajstić information content (AvgIpc) is 3.98. The Bertz CT molecular complexity index is 2290. The van der Waals surface area contributed by atoms with Gasteiger partial charge in [0.25, 0.3) is 0 Å². The molecular weight excluding hydrogens is 649 g/mol. The van der Waals surface area contributed by atoms with E-state index in [-0.39, 0.29) is 23.0 Å². The molecule has 8 nitrogen and oxygen atoms in total. The molecule has 0 saturated carbocycles. The van der Waals surface area contributed by atoms with Crippen molar-refractivity contribution >= 4 is 22.1 Å². The summed E-state index contributed by atoms with van der Waals surface area (Å²) in [4.78, 5) is 17.3. The van der Waals surface area contributed by atoms with Crippen molar-refractivity contribution in [2.24, 2.45) is 0 Å². The highest BCUT2D eigenvalue weighted by Crippen LogP contribution is 2.48. The molecule has 2 aliphatic rings. The number of nitrogens with one attached hydrogen (secondary N) is 2. The van der Waals surface area contributed by atoms with E-state index in [0.717, 1.165) is 22.3 Å². The maximum absolute atomic E-state index is 11.8. The van der Waals surface area contributed by atoms with Crippen LogP contribution in [-0.4, -0.2) is 40.4 Å². The zero-order valence-electron chi connectivity index (χ0n) is 28.1. The minimum Gasteiger partial charge on any atom is -0.503 e. The zero-order chi connectivity index (χ0) is 35.3. The van der Waals surface area contributed by atoms with Crippen LogP contribution in [0.5, 0.6) is 23.0 Å². The van der Waals surface area contributed by atoms with Crippen molar-refractivity contribution in [2.45, 2.75) is 25.7 Å². The zero-order valence-corrected chi connectivity index (χ0v) is 28.1. The molecule has 2 aliphatic heterocycles. The van der Waals surface area contributed by atoms with Crippen LogP contribution in [0.3, 0.4) is 0 Å². The van der Waals surface area contributed by atoms with Gasteiger partial charge in [0.1, 0.15) is 0 Å². The van der Waals surface area contributed by atoms with E-state index in [4.69, 9.17) is 9.97 Å². The van der Waals surface area contributed by atoms with Crippen LogP contribution in [0, 0.1) is 0 Å². The molecule has 9 rings (SSSR count). The topological polar surface area (TPSA) is 138 Å². The summed E-state index contributed by atoms with van der Waals surface area (Å²) < 4.78 is 0. The Morgan fingerprint density at radius 3 is 0.750 bits per heavy atom. The van der Waals surface area contributed by atoms with Crippen molar-refractivity contribution in [3.63, 3.8) is 0 Å². The Labute approximate surface area is 299 Å². The molecule has 4 aromatic carbocycles. The van der Waals surface area contributed by atoms with Gasteiger partial charge in [-0.15, -0.1) is 0 Å². The van der Waals surface area contributed by atoms with Crippen LogP contribution in [0.25, 0.3) is 66.6 Å². The first kappa shape index (κ1) is 31.2. The first-order valence-electron chi connectivity index (χ1n) is 17.3. The predicted molar refractivity (Wildman–Crippen MR) is 204 cm³/mol. The SMILES string of the molecule is Oc1c(O)c2[nH]c1c(-c1ccccc1)c1nc(c(-c3ccccc3)c3[nH]c(c(O)c3O)c(-c3ccccc3)c3nc(c2-c2ccccc2)CC3)CC1. The van der Waals surface area contributed by atoms with E-state index in [0.29, 0.717) is 92.8 Å². The Kier molecular flexibility index (Phi) is 7.51. The lowest BCUT2D eigenvalue weighted by Crippen LogP contribution is -1.89. The van der Waals surface area contributed by atoms with Gasteiger partial charge in [0.15, 0.2) is 23.0 Å². The summed E-state index contributed by atoms with van der Waals surface area (Å²) in [6, 6.07) is 38.8. The van der Waals surface area contributed by atoms with E-state index in [9.17, 15) is 20.4 Å². The van der Waals surface area contributed by atoms with Gasteiger partial charge in [0.2, 0.25) is 0 Å². The van der Waals surface area contributed by atoms with E-state index in [1.807, 2.05) is 121 Å². The molecule has 7 aromatic rings. The van der Waals surface area contributed by atoms with Crippen LogP contribution < -0.4 is 0 Å². The molecular formula is C44H34N4O4. The molecule has 6 N–H and O–H groups in total. The van der Waals surface area contributed by atoms with Crippen LogP contribution >= 0.6 is 0 Å². The first-order chi connectivity index (χ1) is 25.5. The number of hydrogen-bond donors (Lipinski definition) is 6. The Morgan fingerprint density at radius 1 is 0.327 bits per heavy atom. The highest BCUT2D eigenvalue weighted by atomic mass is 16.3. The van der Waals surface area contributed by atoms with E-state index >= 15 is 0 Å². The maximum Gasteiger partial charge on any atom is 0.184 e. The Morgan fingerprint density at radius 2 is 0.538 bits per heavy atom. The average molecular weight is 683 g/mol. The molecule has 5 heterocycles. The van der Waals surface area contributed by atoms with E-state index in [2.05, 4.69) is 9.97 Å². The summed E-state index contributed by atoms with van der Waals surface area (Å²) in [7, 11) is 0. The second-order valence-electron chi connectivity index (χ2n) is 13.1. The lowest BCUT2D eigenvalue weighted by atomic mass is 10.00. The summed E-state index contributed by atoms with van der Waals surface area (Å²) in [6.45, 7) is 0. The molecule has 0 amide bonds. The van der Waals surface area contributed by atoms with E-state index in [1.165, 1.54) is 0 Å². The Hall–Kier alpha value is -6.80. The van der Waals surface area contributed by atoms with Gasteiger partial charge < -0.3 is 30.4 Å². The standard InChI is InChI=1S/C44H34N4O4/c49-41-37-33(25-13-5-1-6-14-25)29-21-22-30(45-29)34(26-15-7-2-8-16-26)39-43(51)44(52)40(48-39)36(28-19-11-4-12-20-28)32-24-23-31(46-32)35(38(47-37)42(41)50)27-17-9-3-10-18-27/h1-20,47-52H,21-24H2. The summed E-state index contributed by atoms with van der Waals surface area (Å²) >= 11 is 0. The number of hydrogen-bond acceptors (Lipinski definition) is 6.